The predicted molar refractivity (Wildman–Crippen MR) is 51.2 cm³/mol. The molecule has 0 aromatic heterocycles. The van der Waals surface area contributed by atoms with Crippen molar-refractivity contribution in [2.24, 2.45) is 16.5 Å². The first-order valence-electron chi connectivity index (χ1n) is 4.66. The second-order valence-corrected chi connectivity index (χ2v) is 4.55. The molecule has 1 heterocycles. The first-order chi connectivity index (χ1) is 6.14. The molecular weight excluding hydrogens is 164 g/mol. The van der Waals surface area contributed by atoms with Crippen molar-refractivity contribution in [2.75, 3.05) is 6.54 Å². The second-order valence-electron chi connectivity index (χ2n) is 4.55. The summed E-state index contributed by atoms with van der Waals surface area (Å²) in [4.78, 5) is 6.23. The van der Waals surface area contributed by atoms with Gasteiger partial charge in [0.15, 0.2) is 0 Å². The van der Waals surface area contributed by atoms with Gasteiger partial charge in [0.1, 0.15) is 0 Å². The van der Waals surface area contributed by atoms with Gasteiger partial charge in [-0.3, -0.25) is 4.99 Å². The van der Waals surface area contributed by atoms with Gasteiger partial charge in [-0.2, -0.15) is 0 Å². The Morgan fingerprint density at radius 3 is 2.46 bits per heavy atom. The van der Waals surface area contributed by atoms with E-state index in [-0.39, 0.29) is 11.1 Å². The maximum atomic E-state index is 6.15. The van der Waals surface area contributed by atoms with Crippen molar-refractivity contribution in [3.8, 4) is 0 Å². The molecule has 0 atom stereocenters. The van der Waals surface area contributed by atoms with Crippen molar-refractivity contribution in [3.63, 3.8) is 0 Å². The highest BCUT2D eigenvalue weighted by Crippen LogP contribution is 2.59. The van der Waals surface area contributed by atoms with Crippen LogP contribution in [0.5, 0.6) is 0 Å². The van der Waals surface area contributed by atoms with Crippen LogP contribution in [0.1, 0.15) is 12.8 Å². The summed E-state index contributed by atoms with van der Waals surface area (Å²) in [5.41, 5.74) is 12.3. The molecule has 70 valence electrons. The van der Waals surface area contributed by atoms with E-state index in [1.165, 1.54) is 0 Å². The minimum Gasteiger partial charge on any atom is -0.364 e. The van der Waals surface area contributed by atoms with Crippen LogP contribution in [0, 0.1) is 0 Å². The first kappa shape index (κ1) is 7.53. The van der Waals surface area contributed by atoms with E-state index in [0.29, 0.717) is 6.04 Å². The van der Waals surface area contributed by atoms with Crippen LogP contribution in [0.3, 0.4) is 0 Å². The molecule has 4 aliphatic rings. The van der Waals surface area contributed by atoms with Gasteiger partial charge in [0.05, 0.1) is 12.6 Å². The minimum atomic E-state index is -0.00965. The van der Waals surface area contributed by atoms with Gasteiger partial charge in [-0.25, -0.2) is 0 Å². The number of rotatable bonds is 1. The van der Waals surface area contributed by atoms with Crippen molar-refractivity contribution < 1.29 is 0 Å². The summed E-state index contributed by atoms with van der Waals surface area (Å²) >= 11 is 0. The van der Waals surface area contributed by atoms with E-state index in [1.54, 1.807) is 6.20 Å². The molecule has 0 aromatic rings. The number of aliphatic imine (C=N–C) groups is 1. The molecule has 1 aliphatic heterocycles. The van der Waals surface area contributed by atoms with E-state index in [0.717, 1.165) is 19.4 Å². The number of nitrogens with two attached hydrogens (primary N) is 2. The normalized spacial score (nSPS) is 51.5. The Morgan fingerprint density at radius 1 is 1.31 bits per heavy atom. The van der Waals surface area contributed by atoms with E-state index >= 15 is 0 Å². The number of hydrogen-bond acceptors (Lipinski definition) is 4. The lowest BCUT2D eigenvalue weighted by molar-refractivity contribution is -0.140. The van der Waals surface area contributed by atoms with Crippen LogP contribution >= 0.6 is 0 Å². The van der Waals surface area contributed by atoms with Gasteiger partial charge in [-0.1, -0.05) is 0 Å². The lowest BCUT2D eigenvalue weighted by Crippen LogP contribution is -2.94. The fourth-order valence-electron chi connectivity index (χ4n) is 3.11. The first-order valence-corrected chi connectivity index (χ1v) is 4.66. The van der Waals surface area contributed by atoms with E-state index in [1.807, 2.05) is 12.4 Å². The van der Waals surface area contributed by atoms with Crippen LogP contribution < -0.4 is 11.5 Å². The molecule has 4 nitrogen and oxygen atoms in total. The van der Waals surface area contributed by atoms with Gasteiger partial charge in [-0.05, 0) is 12.8 Å². The van der Waals surface area contributed by atoms with Crippen LogP contribution in [0.15, 0.2) is 17.4 Å². The fraction of sp³-hybridized carbons (Fsp3) is 0.667. The lowest BCUT2D eigenvalue weighted by Gasteiger charge is -2.75. The van der Waals surface area contributed by atoms with Crippen LogP contribution in [-0.4, -0.2) is 34.8 Å². The third-order valence-electron chi connectivity index (χ3n) is 3.48. The van der Waals surface area contributed by atoms with Gasteiger partial charge >= 0.3 is 0 Å². The van der Waals surface area contributed by atoms with Crippen LogP contribution in [0.25, 0.3) is 0 Å². The average molecular weight is 178 g/mol. The molecule has 0 aromatic carbocycles. The van der Waals surface area contributed by atoms with Crippen LogP contribution in [0.4, 0.5) is 0 Å². The average Bonchev–Trinajstić information content (AvgIpc) is 2.03. The topological polar surface area (TPSA) is 67.6 Å². The molecule has 3 saturated carbocycles. The van der Waals surface area contributed by atoms with Crippen LogP contribution in [0.2, 0.25) is 0 Å². The Morgan fingerprint density at radius 2 is 2.00 bits per heavy atom. The molecule has 3 fully saturated rings. The largest absolute Gasteiger partial charge is 0.364 e. The summed E-state index contributed by atoms with van der Waals surface area (Å²) in [5.74, 6) is 0. The Hall–Kier alpha value is -0.870. The van der Waals surface area contributed by atoms with E-state index in [2.05, 4.69) is 9.89 Å². The third-order valence-corrected chi connectivity index (χ3v) is 3.48. The van der Waals surface area contributed by atoms with Crippen molar-refractivity contribution in [1.29, 1.82) is 0 Å². The lowest BCUT2D eigenvalue weighted by atomic mass is 9.41. The Bertz CT molecular complexity index is 287. The standard InChI is InChI=1S/C9H14N4/c10-8-5-9(11,6-8)7(8)13-3-1-12-2-4-13/h1-3,7H,4-6,10-11H2. The Labute approximate surface area is 77.3 Å². The summed E-state index contributed by atoms with van der Waals surface area (Å²) in [6, 6.07) is 0.336. The molecule has 4 heteroatoms. The highest BCUT2D eigenvalue weighted by molar-refractivity contribution is 5.62. The minimum absolute atomic E-state index is 0.00965. The molecule has 13 heavy (non-hydrogen) atoms. The highest BCUT2D eigenvalue weighted by atomic mass is 15.3. The maximum absolute atomic E-state index is 6.15. The summed E-state index contributed by atoms with van der Waals surface area (Å²) in [6.07, 6.45) is 7.64. The van der Waals surface area contributed by atoms with E-state index in [4.69, 9.17) is 11.5 Å². The fourth-order valence-corrected chi connectivity index (χ4v) is 3.11. The molecule has 0 spiro atoms. The SMILES string of the molecule is NC12CC(N)(C1)C2N1C=CN=CC1. The maximum Gasteiger partial charge on any atom is 0.0651 e. The van der Waals surface area contributed by atoms with Crippen molar-refractivity contribution in [3.05, 3.63) is 12.4 Å². The summed E-state index contributed by atoms with van der Waals surface area (Å²) in [6.45, 7) is 0.846. The molecule has 2 bridgehead atoms. The monoisotopic (exact) mass is 178 g/mol. The smallest absolute Gasteiger partial charge is 0.0651 e. The number of hydrogen-bond donors (Lipinski definition) is 2. The Kier molecular flexibility index (Phi) is 1.14. The predicted octanol–water partition coefficient (Wildman–Crippen LogP) is -0.585. The second kappa shape index (κ2) is 1.96. The molecule has 3 aliphatic carbocycles. The van der Waals surface area contributed by atoms with Gasteiger partial charge in [0.2, 0.25) is 0 Å². The molecule has 4 rings (SSSR count). The third kappa shape index (κ3) is 0.752. The molecular formula is C9H14N4. The van der Waals surface area contributed by atoms with E-state index in [9.17, 15) is 0 Å². The van der Waals surface area contributed by atoms with Gasteiger partial charge in [-0.15, -0.1) is 0 Å². The Balaban J connectivity index is 1.80. The van der Waals surface area contributed by atoms with Gasteiger partial charge < -0.3 is 16.4 Å². The zero-order valence-electron chi connectivity index (χ0n) is 7.48. The zero-order chi connectivity index (χ0) is 9.10. The summed E-state index contributed by atoms with van der Waals surface area (Å²) in [7, 11) is 0. The summed E-state index contributed by atoms with van der Waals surface area (Å²) < 4.78 is 0. The van der Waals surface area contributed by atoms with Gasteiger partial charge in [0, 0.05) is 29.7 Å². The molecule has 0 unspecified atom stereocenters. The van der Waals surface area contributed by atoms with Gasteiger partial charge in [0.25, 0.3) is 0 Å². The highest BCUT2D eigenvalue weighted by Gasteiger charge is 2.73. The molecule has 0 radical (unpaired) electrons. The van der Waals surface area contributed by atoms with Crippen molar-refractivity contribution >= 4 is 6.21 Å². The van der Waals surface area contributed by atoms with Crippen molar-refractivity contribution in [1.82, 2.24) is 4.90 Å². The van der Waals surface area contributed by atoms with E-state index < -0.39 is 0 Å². The van der Waals surface area contributed by atoms with Crippen molar-refractivity contribution in [2.45, 2.75) is 30.0 Å². The number of nitrogens with zero attached hydrogens (tertiary/aromatic N) is 2. The molecule has 0 amide bonds. The molecule has 0 saturated heterocycles. The summed E-state index contributed by atoms with van der Waals surface area (Å²) in [5, 5.41) is 0. The quantitative estimate of drug-likeness (QED) is 0.564. The van der Waals surface area contributed by atoms with Crippen LogP contribution in [-0.2, 0) is 0 Å². The zero-order valence-corrected chi connectivity index (χ0v) is 7.48. The molecule has 4 N–H and O–H groups in total.